The normalized spacial score (nSPS) is 17.8. The number of benzene rings is 1. The molecule has 0 aromatic heterocycles. The maximum absolute atomic E-state index is 14.0. The second kappa shape index (κ2) is 7.39. The minimum absolute atomic E-state index is 0.0751. The van der Waals surface area contributed by atoms with Gasteiger partial charge in [0.25, 0.3) is 0 Å². The molecule has 1 nitrogen and oxygen atoms in total. The molecular formula is C16H23BrFN. The molecule has 1 aromatic carbocycles. The van der Waals surface area contributed by atoms with Crippen LogP contribution in [0, 0.1) is 17.7 Å². The highest BCUT2D eigenvalue weighted by Crippen LogP contribution is 2.33. The first-order valence-corrected chi connectivity index (χ1v) is 8.14. The molecular weight excluding hydrogens is 305 g/mol. The summed E-state index contributed by atoms with van der Waals surface area (Å²) in [5.41, 5.74) is 0.859. The predicted octanol–water partition coefficient (Wildman–Crippen LogP) is 4.55. The zero-order chi connectivity index (χ0) is 13.7. The number of rotatable bonds is 6. The third kappa shape index (κ3) is 4.28. The minimum Gasteiger partial charge on any atom is -0.317 e. The van der Waals surface area contributed by atoms with Crippen LogP contribution in [0.15, 0.2) is 22.7 Å². The van der Waals surface area contributed by atoms with E-state index < -0.39 is 0 Å². The van der Waals surface area contributed by atoms with Crippen LogP contribution in [0.3, 0.4) is 0 Å². The van der Waals surface area contributed by atoms with E-state index in [-0.39, 0.29) is 5.82 Å². The van der Waals surface area contributed by atoms with Gasteiger partial charge in [-0.1, -0.05) is 54.6 Å². The lowest BCUT2D eigenvalue weighted by molar-refractivity contribution is 0.320. The second-order valence-electron chi connectivity index (χ2n) is 5.55. The highest BCUT2D eigenvalue weighted by molar-refractivity contribution is 9.10. The molecule has 0 spiro atoms. The largest absolute Gasteiger partial charge is 0.317 e. The molecule has 0 bridgehead atoms. The van der Waals surface area contributed by atoms with E-state index in [4.69, 9.17) is 0 Å². The van der Waals surface area contributed by atoms with Crippen molar-refractivity contribution in [1.82, 2.24) is 5.32 Å². The summed E-state index contributed by atoms with van der Waals surface area (Å²) in [5.74, 6) is 1.26. The Bertz CT molecular complexity index is 402. The predicted molar refractivity (Wildman–Crippen MR) is 81.8 cm³/mol. The minimum atomic E-state index is -0.0751. The van der Waals surface area contributed by atoms with E-state index in [0.717, 1.165) is 35.5 Å². The average molecular weight is 328 g/mol. The standard InChI is InChI=1S/C16H23BrFN/c1-2-19-11-14(12-5-3-4-6-12)9-13-7-8-15(17)10-16(13)18/h7-8,10,12,14,19H,2-6,9,11H2,1H3. The lowest BCUT2D eigenvalue weighted by Crippen LogP contribution is -2.29. The van der Waals surface area contributed by atoms with Gasteiger partial charge < -0.3 is 5.32 Å². The van der Waals surface area contributed by atoms with Crippen LogP contribution in [0.25, 0.3) is 0 Å². The molecule has 3 heteroatoms. The molecule has 1 saturated carbocycles. The van der Waals surface area contributed by atoms with Gasteiger partial charge in [-0.05, 0) is 49.0 Å². The molecule has 1 aromatic rings. The van der Waals surface area contributed by atoms with Crippen molar-refractivity contribution in [2.45, 2.75) is 39.0 Å². The van der Waals surface area contributed by atoms with E-state index in [0.29, 0.717) is 5.92 Å². The van der Waals surface area contributed by atoms with E-state index in [9.17, 15) is 4.39 Å². The number of hydrogen-bond donors (Lipinski definition) is 1. The van der Waals surface area contributed by atoms with Gasteiger partial charge in [-0.3, -0.25) is 0 Å². The van der Waals surface area contributed by atoms with Gasteiger partial charge in [-0.25, -0.2) is 4.39 Å². The molecule has 1 atom stereocenters. The molecule has 1 aliphatic rings. The molecule has 2 rings (SSSR count). The maximum Gasteiger partial charge on any atom is 0.127 e. The Morgan fingerprint density at radius 1 is 1.37 bits per heavy atom. The SMILES string of the molecule is CCNCC(Cc1ccc(Br)cc1F)C1CCCC1. The van der Waals surface area contributed by atoms with Gasteiger partial charge in [0.1, 0.15) is 5.82 Å². The van der Waals surface area contributed by atoms with Crippen LogP contribution in [0.2, 0.25) is 0 Å². The topological polar surface area (TPSA) is 12.0 Å². The Balaban J connectivity index is 2.05. The Hall–Kier alpha value is -0.410. The number of halogens is 2. The highest BCUT2D eigenvalue weighted by Gasteiger charge is 2.25. The van der Waals surface area contributed by atoms with Crippen LogP contribution in [-0.4, -0.2) is 13.1 Å². The van der Waals surface area contributed by atoms with Gasteiger partial charge in [0.15, 0.2) is 0 Å². The van der Waals surface area contributed by atoms with Crippen molar-refractivity contribution in [3.8, 4) is 0 Å². The van der Waals surface area contributed by atoms with Gasteiger partial charge >= 0.3 is 0 Å². The van der Waals surface area contributed by atoms with Gasteiger partial charge in [-0.15, -0.1) is 0 Å². The fraction of sp³-hybridized carbons (Fsp3) is 0.625. The first-order valence-electron chi connectivity index (χ1n) is 7.35. The van der Waals surface area contributed by atoms with Crippen LogP contribution in [0.5, 0.6) is 0 Å². The Morgan fingerprint density at radius 3 is 2.74 bits per heavy atom. The molecule has 0 aliphatic heterocycles. The first kappa shape index (κ1) is 15.0. The molecule has 1 aliphatic carbocycles. The van der Waals surface area contributed by atoms with Crippen LogP contribution < -0.4 is 5.32 Å². The summed E-state index contributed by atoms with van der Waals surface area (Å²) in [6, 6.07) is 5.44. The summed E-state index contributed by atoms with van der Waals surface area (Å²) in [7, 11) is 0. The number of hydrogen-bond acceptors (Lipinski definition) is 1. The third-order valence-corrected chi connectivity index (χ3v) is 4.71. The van der Waals surface area contributed by atoms with Gasteiger partial charge in [0.05, 0.1) is 0 Å². The van der Waals surface area contributed by atoms with Crippen LogP contribution in [0.4, 0.5) is 4.39 Å². The Kier molecular flexibility index (Phi) is 5.83. The molecule has 0 amide bonds. The summed E-state index contributed by atoms with van der Waals surface area (Å²) < 4.78 is 14.8. The van der Waals surface area contributed by atoms with E-state index >= 15 is 0 Å². The van der Waals surface area contributed by atoms with Crippen LogP contribution in [-0.2, 0) is 6.42 Å². The van der Waals surface area contributed by atoms with E-state index in [1.54, 1.807) is 6.07 Å². The zero-order valence-electron chi connectivity index (χ0n) is 11.6. The molecule has 0 heterocycles. The fourth-order valence-electron chi connectivity index (χ4n) is 3.13. The Labute approximate surface area is 124 Å². The molecule has 19 heavy (non-hydrogen) atoms. The van der Waals surface area contributed by atoms with Crippen molar-refractivity contribution >= 4 is 15.9 Å². The lowest BCUT2D eigenvalue weighted by atomic mass is 9.85. The van der Waals surface area contributed by atoms with Crippen molar-refractivity contribution in [3.05, 3.63) is 34.1 Å². The summed E-state index contributed by atoms with van der Waals surface area (Å²) in [6.07, 6.45) is 6.17. The van der Waals surface area contributed by atoms with Gasteiger partial charge in [0, 0.05) is 4.47 Å². The molecule has 0 saturated heterocycles. The highest BCUT2D eigenvalue weighted by atomic mass is 79.9. The van der Waals surface area contributed by atoms with E-state index in [2.05, 4.69) is 28.2 Å². The van der Waals surface area contributed by atoms with Crippen LogP contribution >= 0.6 is 15.9 Å². The quantitative estimate of drug-likeness (QED) is 0.808. The summed E-state index contributed by atoms with van der Waals surface area (Å²) in [4.78, 5) is 0. The molecule has 1 fully saturated rings. The summed E-state index contributed by atoms with van der Waals surface area (Å²) >= 11 is 3.32. The van der Waals surface area contributed by atoms with Gasteiger partial charge in [-0.2, -0.15) is 0 Å². The molecule has 1 N–H and O–H groups in total. The van der Waals surface area contributed by atoms with Crippen molar-refractivity contribution in [1.29, 1.82) is 0 Å². The summed E-state index contributed by atoms with van der Waals surface area (Å²) in [5, 5.41) is 3.44. The van der Waals surface area contributed by atoms with Crippen molar-refractivity contribution in [2.75, 3.05) is 13.1 Å². The summed E-state index contributed by atoms with van der Waals surface area (Å²) in [6.45, 7) is 4.13. The molecule has 106 valence electrons. The molecule has 0 radical (unpaired) electrons. The smallest absolute Gasteiger partial charge is 0.127 e. The van der Waals surface area contributed by atoms with E-state index in [1.807, 2.05) is 12.1 Å². The monoisotopic (exact) mass is 327 g/mol. The van der Waals surface area contributed by atoms with Crippen molar-refractivity contribution in [2.24, 2.45) is 11.8 Å². The number of nitrogens with one attached hydrogen (secondary N) is 1. The Morgan fingerprint density at radius 2 is 2.11 bits per heavy atom. The molecule has 1 unspecified atom stereocenters. The van der Waals surface area contributed by atoms with E-state index in [1.165, 1.54) is 25.7 Å². The second-order valence-corrected chi connectivity index (χ2v) is 6.47. The first-order chi connectivity index (χ1) is 9.20. The van der Waals surface area contributed by atoms with Gasteiger partial charge in [0.2, 0.25) is 0 Å². The van der Waals surface area contributed by atoms with Crippen LogP contribution in [0.1, 0.15) is 38.2 Å². The average Bonchev–Trinajstić information content (AvgIpc) is 2.90. The third-order valence-electron chi connectivity index (χ3n) is 4.22. The maximum atomic E-state index is 14.0. The van der Waals surface area contributed by atoms with Crippen molar-refractivity contribution < 1.29 is 4.39 Å². The zero-order valence-corrected chi connectivity index (χ0v) is 13.2. The van der Waals surface area contributed by atoms with Crippen molar-refractivity contribution in [3.63, 3.8) is 0 Å². The lowest BCUT2D eigenvalue weighted by Gasteiger charge is -2.24. The fourth-order valence-corrected chi connectivity index (χ4v) is 3.47.